The van der Waals surface area contributed by atoms with Gasteiger partial charge in [0.1, 0.15) is 5.75 Å². The fraction of sp³-hybridized carbons (Fsp3) is 0.385. The van der Waals surface area contributed by atoms with E-state index in [9.17, 15) is 4.79 Å². The molecule has 0 radical (unpaired) electrons. The van der Waals surface area contributed by atoms with Crippen molar-refractivity contribution in [1.82, 2.24) is 4.98 Å². The second kappa shape index (κ2) is 6.08. The number of rotatable bonds is 5. The molecule has 5 nitrogen and oxygen atoms in total. The summed E-state index contributed by atoms with van der Waals surface area (Å²) in [6, 6.07) is 3.54. The number of nitrogens with zero attached hydrogens (tertiary/aromatic N) is 1. The highest BCUT2D eigenvalue weighted by Gasteiger charge is 2.11. The summed E-state index contributed by atoms with van der Waals surface area (Å²) in [4.78, 5) is 16.3. The smallest absolute Gasteiger partial charge is 0.347 e. The molecule has 0 fully saturated rings. The molecule has 0 aliphatic rings. The quantitative estimate of drug-likeness (QED) is 0.666. The lowest BCUT2D eigenvalue weighted by Gasteiger charge is -2.06. The summed E-state index contributed by atoms with van der Waals surface area (Å²) in [6.45, 7) is 2.45. The molecule has 2 N–H and O–H groups in total. The lowest BCUT2D eigenvalue weighted by molar-refractivity contribution is 0.399. The van der Waals surface area contributed by atoms with Crippen molar-refractivity contribution in [2.45, 2.75) is 18.6 Å². The Kier molecular flexibility index (Phi) is 4.44. The number of methoxy groups -OCH3 is 1. The van der Waals surface area contributed by atoms with Crippen molar-refractivity contribution in [3.63, 3.8) is 0 Å². The van der Waals surface area contributed by atoms with E-state index >= 15 is 0 Å². The highest BCUT2D eigenvalue weighted by Crippen LogP contribution is 2.24. The minimum absolute atomic E-state index is 0.361. The number of ether oxygens (including phenoxy) is 1. The molecule has 0 atom stereocenters. The lowest BCUT2D eigenvalue weighted by Crippen LogP contribution is -2.05. The monoisotopic (exact) mass is 280 g/mol. The molecule has 0 bridgehead atoms. The van der Waals surface area contributed by atoms with Gasteiger partial charge in [0.15, 0.2) is 0 Å². The molecule has 0 unspecified atom stereocenters. The van der Waals surface area contributed by atoms with Crippen LogP contribution in [0.5, 0.6) is 5.75 Å². The minimum atomic E-state index is -0.361. The number of aromatic nitrogens is 1. The fourth-order valence-corrected chi connectivity index (χ4v) is 2.55. The van der Waals surface area contributed by atoms with Crippen LogP contribution in [0.3, 0.4) is 0 Å². The second-order valence-electron chi connectivity index (χ2n) is 4.10. The van der Waals surface area contributed by atoms with Crippen LogP contribution in [0.1, 0.15) is 12.0 Å². The number of aryl methyl sites for hydroxylation is 1. The maximum absolute atomic E-state index is 12.0. The topological polar surface area (TPSA) is 78.3 Å². The Hall–Kier alpha value is -1.53. The van der Waals surface area contributed by atoms with Gasteiger partial charge in [-0.2, -0.15) is 0 Å². The average molecular weight is 280 g/mol. The first-order chi connectivity index (χ1) is 9.15. The van der Waals surface area contributed by atoms with Crippen molar-refractivity contribution < 1.29 is 9.15 Å². The van der Waals surface area contributed by atoms with Crippen molar-refractivity contribution in [2.24, 2.45) is 5.73 Å². The Balaban J connectivity index is 2.46. The van der Waals surface area contributed by atoms with Crippen LogP contribution in [0, 0.1) is 6.92 Å². The normalized spacial score (nSPS) is 10.9. The molecule has 0 amide bonds. The van der Waals surface area contributed by atoms with Crippen molar-refractivity contribution in [1.29, 1.82) is 0 Å². The molecule has 102 valence electrons. The summed E-state index contributed by atoms with van der Waals surface area (Å²) in [5, 5.41) is 0.877. The molecule has 0 aliphatic carbocycles. The Morgan fingerprint density at radius 2 is 2.26 bits per heavy atom. The number of thioether (sulfide) groups is 1. The highest BCUT2D eigenvalue weighted by molar-refractivity contribution is 7.99. The van der Waals surface area contributed by atoms with Gasteiger partial charge in [-0.1, -0.05) is 11.8 Å². The first kappa shape index (κ1) is 13.9. The molecule has 1 aromatic heterocycles. The van der Waals surface area contributed by atoms with E-state index in [1.54, 1.807) is 19.2 Å². The van der Waals surface area contributed by atoms with Crippen LogP contribution in [0.15, 0.2) is 26.6 Å². The molecule has 2 rings (SSSR count). The molecule has 2 aromatic rings. The molecular weight excluding hydrogens is 264 g/mol. The number of hydrogen-bond acceptors (Lipinski definition) is 6. The highest BCUT2D eigenvalue weighted by atomic mass is 32.2. The molecule has 1 aromatic carbocycles. The van der Waals surface area contributed by atoms with E-state index in [1.165, 1.54) is 11.8 Å². The summed E-state index contributed by atoms with van der Waals surface area (Å²) in [6.07, 6.45) is 0.852. The van der Waals surface area contributed by atoms with Gasteiger partial charge < -0.3 is 14.9 Å². The molecule has 1 heterocycles. The summed E-state index contributed by atoms with van der Waals surface area (Å²) in [7, 11) is 1.59. The molecule has 0 saturated heterocycles. The van der Waals surface area contributed by atoms with Crippen molar-refractivity contribution in [2.75, 3.05) is 19.4 Å². The van der Waals surface area contributed by atoms with Gasteiger partial charge in [0, 0.05) is 11.8 Å². The predicted molar refractivity (Wildman–Crippen MR) is 76.0 cm³/mol. The number of benzene rings is 1. The third-order valence-electron chi connectivity index (χ3n) is 2.69. The maximum Gasteiger partial charge on any atom is 0.347 e. The van der Waals surface area contributed by atoms with Crippen LogP contribution in [-0.4, -0.2) is 24.4 Å². The summed E-state index contributed by atoms with van der Waals surface area (Å²) < 4.78 is 10.4. The van der Waals surface area contributed by atoms with E-state index in [0.717, 1.165) is 17.7 Å². The summed E-state index contributed by atoms with van der Waals surface area (Å²) in [5.74, 6) is 1.46. The minimum Gasteiger partial charge on any atom is -0.497 e. The van der Waals surface area contributed by atoms with Gasteiger partial charge in [-0.25, -0.2) is 9.78 Å². The first-order valence-electron chi connectivity index (χ1n) is 5.98. The van der Waals surface area contributed by atoms with Crippen molar-refractivity contribution in [3.8, 4) is 5.75 Å². The van der Waals surface area contributed by atoms with E-state index in [0.29, 0.717) is 28.4 Å². The fourth-order valence-electron chi connectivity index (χ4n) is 1.76. The standard InChI is InChI=1S/C13H16N2O3S/c1-8-6-9(17-2)7-10-11(8)12(16)18-13(15-10)19-5-3-4-14/h6-7H,3-5,14H2,1-2H3. The molecule has 0 saturated carbocycles. The third-order valence-corrected chi connectivity index (χ3v) is 3.61. The van der Waals surface area contributed by atoms with Crippen LogP contribution in [0.2, 0.25) is 0 Å². The molecule has 0 aliphatic heterocycles. The predicted octanol–water partition coefficient (Wildman–Crippen LogP) is 1.95. The first-order valence-corrected chi connectivity index (χ1v) is 6.96. The SMILES string of the molecule is COc1cc(C)c2c(=O)oc(SCCCN)nc2c1. The summed E-state index contributed by atoms with van der Waals surface area (Å²) in [5.41, 5.74) is 6.47. The van der Waals surface area contributed by atoms with E-state index in [2.05, 4.69) is 4.98 Å². The lowest BCUT2D eigenvalue weighted by atomic mass is 10.1. The summed E-state index contributed by atoms with van der Waals surface area (Å²) >= 11 is 1.39. The zero-order valence-electron chi connectivity index (χ0n) is 10.9. The zero-order valence-corrected chi connectivity index (χ0v) is 11.8. The molecule has 6 heteroatoms. The van der Waals surface area contributed by atoms with Gasteiger partial charge in [0.2, 0.25) is 0 Å². The number of fused-ring (bicyclic) bond motifs is 1. The van der Waals surface area contributed by atoms with Gasteiger partial charge in [-0.3, -0.25) is 0 Å². The van der Waals surface area contributed by atoms with E-state index in [-0.39, 0.29) is 5.63 Å². The Morgan fingerprint density at radius 1 is 1.47 bits per heavy atom. The van der Waals surface area contributed by atoms with Crippen LogP contribution in [0.25, 0.3) is 10.9 Å². The third kappa shape index (κ3) is 3.08. The second-order valence-corrected chi connectivity index (χ2v) is 5.14. The van der Waals surface area contributed by atoms with E-state index < -0.39 is 0 Å². The molecular formula is C13H16N2O3S. The Labute approximate surface area is 115 Å². The van der Waals surface area contributed by atoms with E-state index in [4.69, 9.17) is 14.9 Å². The number of nitrogens with two attached hydrogens (primary N) is 1. The molecule has 19 heavy (non-hydrogen) atoms. The van der Waals surface area contributed by atoms with Gasteiger partial charge in [-0.05, 0) is 31.5 Å². The van der Waals surface area contributed by atoms with Crippen molar-refractivity contribution >= 4 is 22.7 Å². The van der Waals surface area contributed by atoms with Crippen LogP contribution in [-0.2, 0) is 0 Å². The Bertz CT molecular complexity index is 640. The zero-order chi connectivity index (χ0) is 13.8. The molecule has 0 spiro atoms. The Morgan fingerprint density at radius 3 is 2.95 bits per heavy atom. The van der Waals surface area contributed by atoms with Gasteiger partial charge >= 0.3 is 5.63 Å². The largest absolute Gasteiger partial charge is 0.497 e. The van der Waals surface area contributed by atoms with Gasteiger partial charge in [0.25, 0.3) is 5.22 Å². The van der Waals surface area contributed by atoms with Crippen molar-refractivity contribution in [3.05, 3.63) is 28.1 Å². The van der Waals surface area contributed by atoms with Crippen LogP contribution < -0.4 is 16.1 Å². The average Bonchev–Trinajstić information content (AvgIpc) is 2.38. The van der Waals surface area contributed by atoms with E-state index in [1.807, 2.05) is 6.92 Å². The van der Waals surface area contributed by atoms with Crippen LogP contribution in [0.4, 0.5) is 0 Å². The van der Waals surface area contributed by atoms with Gasteiger partial charge in [0.05, 0.1) is 18.0 Å². The maximum atomic E-state index is 12.0. The number of hydrogen-bond donors (Lipinski definition) is 1. The van der Waals surface area contributed by atoms with Crippen LogP contribution >= 0.6 is 11.8 Å². The van der Waals surface area contributed by atoms with Gasteiger partial charge in [-0.15, -0.1) is 0 Å².